The summed E-state index contributed by atoms with van der Waals surface area (Å²) in [6.45, 7) is 0.686. The van der Waals surface area contributed by atoms with Crippen LogP contribution in [-0.4, -0.2) is 38.3 Å². The molecule has 7 heteroatoms. The van der Waals surface area contributed by atoms with Gasteiger partial charge < -0.3 is 10.6 Å². The molecule has 2 heterocycles. The van der Waals surface area contributed by atoms with Crippen molar-refractivity contribution in [3.05, 3.63) is 36.8 Å². The Bertz CT molecular complexity index is 608. The zero-order valence-corrected chi connectivity index (χ0v) is 13.8. The molecule has 0 aliphatic heterocycles. The van der Waals surface area contributed by atoms with Crippen LogP contribution >= 0.6 is 11.8 Å². The van der Waals surface area contributed by atoms with Crippen molar-refractivity contribution in [3.8, 4) is 5.82 Å². The van der Waals surface area contributed by atoms with Crippen molar-refractivity contribution in [1.29, 1.82) is 0 Å². The van der Waals surface area contributed by atoms with Gasteiger partial charge in [-0.1, -0.05) is 12.8 Å². The summed E-state index contributed by atoms with van der Waals surface area (Å²) >= 11 is 1.97. The highest BCUT2D eigenvalue weighted by atomic mass is 32.2. The van der Waals surface area contributed by atoms with E-state index in [2.05, 4.69) is 20.7 Å². The van der Waals surface area contributed by atoms with Crippen LogP contribution in [0.1, 0.15) is 25.7 Å². The lowest BCUT2D eigenvalue weighted by Gasteiger charge is -2.10. The molecular weight excluding hydrogens is 310 g/mol. The van der Waals surface area contributed by atoms with E-state index >= 15 is 0 Å². The third kappa shape index (κ3) is 4.72. The lowest BCUT2D eigenvalue weighted by atomic mass is 10.4. The number of amides is 2. The fourth-order valence-corrected chi connectivity index (χ4v) is 3.84. The second-order valence-electron chi connectivity index (χ2n) is 5.51. The van der Waals surface area contributed by atoms with E-state index in [1.807, 2.05) is 36.2 Å². The Balaban J connectivity index is 1.39. The standard InChI is InChI=1S/C16H21N5OS/c22-16(17-9-11-23-14-4-1-2-5-14)20-13-6-7-15(18-12-13)21-10-3-8-19-21/h3,6-8,10,12,14H,1-2,4-5,9,11H2,(H2,17,20,22). The van der Waals surface area contributed by atoms with Crippen LogP contribution in [0.2, 0.25) is 0 Å². The Morgan fingerprint density at radius 3 is 2.91 bits per heavy atom. The highest BCUT2D eigenvalue weighted by Crippen LogP contribution is 2.28. The molecule has 0 aromatic carbocycles. The second kappa shape index (κ2) is 8.01. The van der Waals surface area contributed by atoms with Gasteiger partial charge in [0.05, 0.1) is 11.9 Å². The van der Waals surface area contributed by atoms with Gasteiger partial charge in [-0.25, -0.2) is 14.5 Å². The lowest BCUT2D eigenvalue weighted by molar-refractivity contribution is 0.252. The molecule has 6 nitrogen and oxygen atoms in total. The summed E-state index contributed by atoms with van der Waals surface area (Å²) in [5.41, 5.74) is 0.668. The maximum atomic E-state index is 11.8. The third-order valence-corrected chi connectivity index (χ3v) is 5.17. The molecular formula is C16H21N5OS. The number of nitrogens with one attached hydrogen (secondary N) is 2. The molecule has 0 bridgehead atoms. The van der Waals surface area contributed by atoms with Crippen molar-refractivity contribution in [2.45, 2.75) is 30.9 Å². The molecule has 1 aliphatic rings. The number of thioether (sulfide) groups is 1. The number of rotatable bonds is 6. The zero-order chi connectivity index (χ0) is 15.9. The highest BCUT2D eigenvalue weighted by molar-refractivity contribution is 7.99. The summed E-state index contributed by atoms with van der Waals surface area (Å²) < 4.78 is 1.67. The van der Waals surface area contributed by atoms with Crippen LogP contribution in [0.25, 0.3) is 5.82 Å². The Kier molecular flexibility index (Phi) is 5.52. The smallest absolute Gasteiger partial charge is 0.319 e. The van der Waals surface area contributed by atoms with E-state index in [1.165, 1.54) is 25.7 Å². The van der Waals surface area contributed by atoms with E-state index < -0.39 is 0 Å². The van der Waals surface area contributed by atoms with Crippen LogP contribution in [0.15, 0.2) is 36.8 Å². The van der Waals surface area contributed by atoms with Gasteiger partial charge in [-0.05, 0) is 31.0 Å². The molecule has 0 spiro atoms. The maximum absolute atomic E-state index is 11.8. The first kappa shape index (κ1) is 15.9. The van der Waals surface area contributed by atoms with Crippen molar-refractivity contribution in [3.63, 3.8) is 0 Å². The molecule has 2 amide bonds. The van der Waals surface area contributed by atoms with Crippen LogP contribution in [0.3, 0.4) is 0 Å². The quantitative estimate of drug-likeness (QED) is 0.798. The molecule has 1 saturated carbocycles. The van der Waals surface area contributed by atoms with Gasteiger partial charge >= 0.3 is 6.03 Å². The predicted octanol–water partition coefficient (Wildman–Crippen LogP) is 3.06. The summed E-state index contributed by atoms with van der Waals surface area (Å²) in [7, 11) is 0. The van der Waals surface area contributed by atoms with Crippen LogP contribution in [0.5, 0.6) is 0 Å². The van der Waals surface area contributed by atoms with Gasteiger partial charge in [0, 0.05) is 29.9 Å². The molecule has 1 aliphatic carbocycles. The van der Waals surface area contributed by atoms with Gasteiger partial charge in [0.2, 0.25) is 0 Å². The molecule has 122 valence electrons. The van der Waals surface area contributed by atoms with E-state index in [9.17, 15) is 4.79 Å². The minimum Gasteiger partial charge on any atom is -0.337 e. The summed E-state index contributed by atoms with van der Waals surface area (Å²) in [6.07, 6.45) is 10.5. The fourth-order valence-electron chi connectivity index (χ4n) is 2.62. The summed E-state index contributed by atoms with van der Waals surface area (Å²) in [6, 6.07) is 5.28. The molecule has 23 heavy (non-hydrogen) atoms. The van der Waals surface area contributed by atoms with Gasteiger partial charge in [0.1, 0.15) is 0 Å². The monoisotopic (exact) mass is 331 g/mol. The molecule has 2 aromatic heterocycles. The maximum Gasteiger partial charge on any atom is 0.319 e. The van der Waals surface area contributed by atoms with Gasteiger partial charge in [-0.15, -0.1) is 0 Å². The number of anilines is 1. The first-order valence-corrected chi connectivity index (χ1v) is 8.99. The number of urea groups is 1. The third-order valence-electron chi connectivity index (χ3n) is 3.79. The summed E-state index contributed by atoms with van der Waals surface area (Å²) in [5, 5.41) is 10.6. The highest BCUT2D eigenvalue weighted by Gasteiger charge is 2.14. The van der Waals surface area contributed by atoms with Crippen molar-refractivity contribution in [2.24, 2.45) is 0 Å². The average molecular weight is 331 g/mol. The van der Waals surface area contributed by atoms with Gasteiger partial charge in [-0.3, -0.25) is 0 Å². The number of carbonyl (C=O) groups is 1. The van der Waals surface area contributed by atoms with Crippen LogP contribution in [-0.2, 0) is 0 Å². The summed E-state index contributed by atoms with van der Waals surface area (Å²) in [5.74, 6) is 1.68. The zero-order valence-electron chi connectivity index (χ0n) is 12.9. The van der Waals surface area contributed by atoms with E-state index in [0.29, 0.717) is 18.1 Å². The number of hydrogen-bond acceptors (Lipinski definition) is 4. The number of nitrogens with zero attached hydrogens (tertiary/aromatic N) is 3. The van der Waals surface area contributed by atoms with Gasteiger partial charge in [0.15, 0.2) is 5.82 Å². The number of hydrogen-bond donors (Lipinski definition) is 2. The van der Waals surface area contributed by atoms with Crippen molar-refractivity contribution in [1.82, 2.24) is 20.1 Å². The Labute approximate surface area is 140 Å². The van der Waals surface area contributed by atoms with Gasteiger partial charge in [0.25, 0.3) is 0 Å². The van der Waals surface area contributed by atoms with E-state index in [4.69, 9.17) is 0 Å². The Morgan fingerprint density at radius 1 is 1.35 bits per heavy atom. The second-order valence-corrected chi connectivity index (χ2v) is 6.92. The largest absolute Gasteiger partial charge is 0.337 e. The first-order valence-electron chi connectivity index (χ1n) is 7.94. The fraction of sp³-hybridized carbons (Fsp3) is 0.438. The average Bonchev–Trinajstić information content (AvgIpc) is 3.26. The minimum absolute atomic E-state index is 0.189. The van der Waals surface area contributed by atoms with Crippen molar-refractivity contribution >= 4 is 23.5 Å². The van der Waals surface area contributed by atoms with Gasteiger partial charge in [-0.2, -0.15) is 16.9 Å². The first-order chi connectivity index (χ1) is 11.3. The molecule has 0 radical (unpaired) electrons. The summed E-state index contributed by atoms with van der Waals surface area (Å²) in [4.78, 5) is 16.1. The van der Waals surface area contributed by atoms with E-state index in [0.717, 1.165) is 11.0 Å². The molecule has 0 unspecified atom stereocenters. The molecule has 3 rings (SSSR count). The minimum atomic E-state index is -0.189. The Morgan fingerprint density at radius 2 is 2.22 bits per heavy atom. The van der Waals surface area contributed by atoms with Crippen LogP contribution in [0.4, 0.5) is 10.5 Å². The van der Waals surface area contributed by atoms with Crippen LogP contribution < -0.4 is 10.6 Å². The van der Waals surface area contributed by atoms with Crippen molar-refractivity contribution < 1.29 is 4.79 Å². The number of pyridine rings is 1. The Hall–Kier alpha value is -2.02. The molecule has 2 aromatic rings. The topological polar surface area (TPSA) is 71.8 Å². The normalized spacial score (nSPS) is 14.8. The van der Waals surface area contributed by atoms with Crippen LogP contribution in [0, 0.1) is 0 Å². The SMILES string of the molecule is O=C(NCCSC1CCCC1)Nc1ccc(-n2cccn2)nc1. The lowest BCUT2D eigenvalue weighted by Crippen LogP contribution is -2.30. The predicted molar refractivity (Wildman–Crippen MR) is 93.1 cm³/mol. The molecule has 0 saturated heterocycles. The van der Waals surface area contributed by atoms with Crippen molar-refractivity contribution in [2.75, 3.05) is 17.6 Å². The number of carbonyl (C=O) groups excluding carboxylic acids is 1. The molecule has 0 atom stereocenters. The van der Waals surface area contributed by atoms with E-state index in [1.54, 1.807) is 17.1 Å². The number of aromatic nitrogens is 3. The van der Waals surface area contributed by atoms with E-state index in [-0.39, 0.29) is 6.03 Å². The molecule has 1 fully saturated rings. The molecule has 2 N–H and O–H groups in total.